The van der Waals surface area contributed by atoms with Gasteiger partial charge in [-0.25, -0.2) is 4.39 Å². The van der Waals surface area contributed by atoms with Gasteiger partial charge in [-0.2, -0.15) is 8.42 Å². The Labute approximate surface area is 206 Å². The van der Waals surface area contributed by atoms with Crippen LogP contribution < -0.4 is 19.3 Å². The van der Waals surface area contributed by atoms with E-state index in [0.717, 1.165) is 12.1 Å². The minimum Gasteiger partial charge on any atom is -0.496 e. The van der Waals surface area contributed by atoms with Crippen LogP contribution in [0.2, 0.25) is 0 Å². The maximum absolute atomic E-state index is 15.2. The monoisotopic (exact) mass is 596 g/mol. The topological polar surface area (TPSA) is 84.9 Å². The Hall–Kier alpha value is -2.15. The summed E-state index contributed by atoms with van der Waals surface area (Å²) in [5.74, 6) is -0.0749. The van der Waals surface area contributed by atoms with Crippen LogP contribution in [0.5, 0.6) is 11.5 Å². The molecule has 0 fully saturated rings. The molecule has 2 rings (SSSR count). The normalized spacial score (nSPS) is 13.4. The van der Waals surface area contributed by atoms with E-state index in [4.69, 9.17) is 9.47 Å². The summed E-state index contributed by atoms with van der Waals surface area (Å²) in [5, 5.41) is 2.67. The van der Waals surface area contributed by atoms with E-state index in [9.17, 15) is 17.6 Å². The second-order valence-corrected chi connectivity index (χ2v) is 11.5. The first-order chi connectivity index (χ1) is 15.3. The third kappa shape index (κ3) is 6.69. The molecule has 1 N–H and O–H groups in total. The molecule has 182 valence electrons. The Bertz CT molecular complexity index is 1100. The van der Waals surface area contributed by atoms with Crippen molar-refractivity contribution in [3.8, 4) is 11.5 Å². The van der Waals surface area contributed by atoms with Crippen LogP contribution in [0.25, 0.3) is 0 Å². The fourth-order valence-corrected chi connectivity index (χ4v) is 4.62. The van der Waals surface area contributed by atoms with Gasteiger partial charge in [0.1, 0.15) is 16.4 Å². The fraction of sp³-hybridized carbons (Fsp3) is 0.409. The number of benzene rings is 2. The van der Waals surface area contributed by atoms with Crippen molar-refractivity contribution in [1.29, 1.82) is 0 Å². The standard InChI is InChI=1S/C22H27F2IN2O5S/c1-6-32-19-12-15(26-21(28)11-14(2)3)7-10-20(19)33(29,30)27(24)16-8-9-18(31-5)17(13-16)22(4,23)25/h7-10,12-14H,6,11H2,1-5H3,(H,26,28). The van der Waals surface area contributed by atoms with Crippen LogP contribution in [0.15, 0.2) is 41.3 Å². The zero-order valence-electron chi connectivity index (χ0n) is 19.0. The molecule has 1 amide bonds. The van der Waals surface area contributed by atoms with E-state index in [1.165, 1.54) is 60.9 Å². The predicted molar refractivity (Wildman–Crippen MR) is 132 cm³/mol. The van der Waals surface area contributed by atoms with E-state index in [-0.39, 0.29) is 41.9 Å². The summed E-state index contributed by atoms with van der Waals surface area (Å²) in [5.41, 5.74) is -0.101. The molecular formula is C22H27F2IN2O5S. The van der Waals surface area contributed by atoms with Crippen LogP contribution in [0, 0.1) is 5.92 Å². The molecular weight excluding hydrogens is 569 g/mol. The number of carbonyl (C=O) groups is 1. The first-order valence-electron chi connectivity index (χ1n) is 10.1. The van der Waals surface area contributed by atoms with E-state index in [2.05, 4.69) is 5.32 Å². The zero-order chi connectivity index (χ0) is 25.0. The van der Waals surface area contributed by atoms with Gasteiger partial charge < -0.3 is 14.8 Å². The Morgan fingerprint density at radius 2 is 1.88 bits per heavy atom. The molecule has 0 aromatic heterocycles. The number of alkyl halides is 2. The second-order valence-electron chi connectivity index (χ2n) is 7.73. The van der Waals surface area contributed by atoms with E-state index in [0.29, 0.717) is 5.69 Å². The summed E-state index contributed by atoms with van der Waals surface area (Å²) >= 11 is 1.51. The predicted octanol–water partition coefficient (Wildman–Crippen LogP) is 5.74. The molecule has 33 heavy (non-hydrogen) atoms. The summed E-state index contributed by atoms with van der Waals surface area (Å²) in [6.45, 7) is 6.78. The van der Waals surface area contributed by atoms with Gasteiger partial charge in [-0.05, 0) is 72.7 Å². The molecule has 0 spiro atoms. The van der Waals surface area contributed by atoms with Crippen molar-refractivity contribution >= 4 is 49.9 Å². The number of ether oxygens (including phenoxy) is 2. The summed E-state index contributed by atoms with van der Waals surface area (Å²) in [7, 11) is -3.39. The molecule has 0 aliphatic carbocycles. The molecule has 2 aromatic carbocycles. The largest absolute Gasteiger partial charge is 0.496 e. The molecule has 0 aliphatic rings. The third-order valence-electron chi connectivity index (χ3n) is 4.47. The maximum Gasteiger partial charge on any atom is 0.294 e. The number of halogens is 3. The van der Waals surface area contributed by atoms with Crippen molar-refractivity contribution in [1.82, 2.24) is 0 Å². The van der Waals surface area contributed by atoms with Crippen LogP contribution in [0.4, 0.5) is 20.2 Å². The Morgan fingerprint density at radius 1 is 1.21 bits per heavy atom. The smallest absolute Gasteiger partial charge is 0.294 e. The highest BCUT2D eigenvalue weighted by molar-refractivity contribution is 14.1. The minimum atomic E-state index is -4.73. The molecule has 0 aliphatic heterocycles. The van der Waals surface area contributed by atoms with Crippen LogP contribution in [-0.4, -0.2) is 28.0 Å². The van der Waals surface area contributed by atoms with E-state index in [1.54, 1.807) is 6.92 Å². The number of rotatable bonds is 10. The number of nitrogens with zero attached hydrogens (tertiary/aromatic N) is 1. The van der Waals surface area contributed by atoms with Crippen molar-refractivity contribution in [3.05, 3.63) is 42.0 Å². The van der Waals surface area contributed by atoms with E-state index < -0.39 is 28.8 Å². The van der Waals surface area contributed by atoms with Crippen LogP contribution >= 0.6 is 22.6 Å². The van der Waals surface area contributed by atoms with Crippen molar-refractivity contribution in [2.24, 2.45) is 5.92 Å². The van der Waals surface area contributed by atoms with Crippen molar-refractivity contribution < 1.29 is 31.6 Å². The van der Waals surface area contributed by atoms with Gasteiger partial charge in [-0.3, -0.25) is 4.79 Å². The van der Waals surface area contributed by atoms with Gasteiger partial charge in [0.15, 0.2) is 3.68 Å². The highest BCUT2D eigenvalue weighted by Gasteiger charge is 2.32. The number of nitrogens with one attached hydrogen (secondary N) is 1. The Kier molecular flexibility index (Phi) is 8.91. The molecule has 0 saturated carbocycles. The highest BCUT2D eigenvalue weighted by Crippen LogP contribution is 2.42. The highest BCUT2D eigenvalue weighted by atomic mass is 127. The Morgan fingerprint density at radius 3 is 2.42 bits per heavy atom. The first-order valence-corrected chi connectivity index (χ1v) is 12.7. The van der Waals surface area contributed by atoms with Gasteiger partial charge in [0.2, 0.25) is 5.91 Å². The van der Waals surface area contributed by atoms with Gasteiger partial charge in [-0.1, -0.05) is 22.9 Å². The molecule has 1 atom stereocenters. The van der Waals surface area contributed by atoms with Crippen LogP contribution in [0.1, 0.15) is 39.7 Å². The molecule has 0 radical (unpaired) electrons. The minimum absolute atomic E-state index is 0.0193. The molecule has 1 unspecified atom stereocenters. The zero-order valence-corrected chi connectivity index (χ0v) is 22.0. The lowest BCUT2D eigenvalue weighted by atomic mass is 10.1. The number of sulfonamides is 1. The number of methoxy groups -OCH3 is 1. The molecule has 11 heteroatoms. The van der Waals surface area contributed by atoms with E-state index in [1.807, 2.05) is 13.8 Å². The van der Waals surface area contributed by atoms with Gasteiger partial charge in [-0.15, -0.1) is 0 Å². The number of hydrogen-bond acceptors (Lipinski definition) is 5. The van der Waals surface area contributed by atoms with Gasteiger partial charge in [0, 0.05) is 23.7 Å². The first kappa shape index (κ1) is 27.1. The fourth-order valence-electron chi connectivity index (χ4n) is 3.02. The average molecular weight is 596 g/mol. The number of anilines is 2. The molecule has 0 heterocycles. The van der Waals surface area contributed by atoms with E-state index >= 15 is 4.48 Å². The van der Waals surface area contributed by atoms with Crippen molar-refractivity contribution in [2.45, 2.75) is 42.7 Å². The van der Waals surface area contributed by atoms with Crippen molar-refractivity contribution in [3.63, 3.8) is 0 Å². The Balaban J connectivity index is 2.47. The van der Waals surface area contributed by atoms with Crippen molar-refractivity contribution in [2.75, 3.05) is 23.6 Å². The third-order valence-corrected chi connectivity index (χ3v) is 6.58. The number of hydrogen-bond donors (Lipinski definition) is 1. The lowest BCUT2D eigenvalue weighted by molar-refractivity contribution is -0.116. The van der Waals surface area contributed by atoms with Gasteiger partial charge in [0.25, 0.3) is 10.0 Å². The lowest BCUT2D eigenvalue weighted by Crippen LogP contribution is -2.24. The number of carbonyl (C=O) groups excluding carboxylic acids is 1. The van der Waals surface area contributed by atoms with Gasteiger partial charge in [0.05, 0.1) is 19.4 Å². The quantitative estimate of drug-likeness (QED) is 0.215. The molecule has 2 aromatic rings. The average Bonchev–Trinajstić information content (AvgIpc) is 2.71. The second kappa shape index (κ2) is 10.9. The lowest BCUT2D eigenvalue weighted by Gasteiger charge is -2.21. The number of amides is 1. The summed E-state index contributed by atoms with van der Waals surface area (Å²) in [6, 6.07) is 7.36. The van der Waals surface area contributed by atoms with Gasteiger partial charge >= 0.3 is 0 Å². The van der Waals surface area contributed by atoms with Crippen LogP contribution in [0.3, 0.4) is 0 Å². The molecule has 7 nitrogen and oxygen atoms in total. The molecule has 0 bridgehead atoms. The molecule has 0 saturated heterocycles. The SMILES string of the molecule is CCOc1cc(NC(=O)CC(C)C)ccc1S(=O)(=O)N(F)c1ccc(OC)c(C(C)(F)I)c1. The summed E-state index contributed by atoms with van der Waals surface area (Å²) < 4.78 is 64.1. The maximum atomic E-state index is 15.2. The summed E-state index contributed by atoms with van der Waals surface area (Å²) in [4.78, 5) is 11.6. The van der Waals surface area contributed by atoms with Crippen LogP contribution in [-0.2, 0) is 18.5 Å². The summed E-state index contributed by atoms with van der Waals surface area (Å²) in [6.07, 6.45) is 0.284.